The molecular formula is C10H13NO5S. The second kappa shape index (κ2) is 5.76. The molecule has 0 bridgehead atoms. The average molecular weight is 259 g/mol. The van der Waals surface area contributed by atoms with Gasteiger partial charge in [-0.15, -0.1) is 0 Å². The molecule has 94 valence electrons. The summed E-state index contributed by atoms with van der Waals surface area (Å²) in [7, 11) is -3.71. The molecule has 0 saturated heterocycles. The lowest BCUT2D eigenvalue weighted by Crippen LogP contribution is -2.25. The van der Waals surface area contributed by atoms with E-state index in [4.69, 9.17) is 10.2 Å². The Hall–Kier alpha value is -1.44. The average Bonchev–Trinajstić information content (AvgIpc) is 2.29. The van der Waals surface area contributed by atoms with Gasteiger partial charge in [0.2, 0.25) is 10.0 Å². The van der Waals surface area contributed by atoms with Crippen LogP contribution in [0.5, 0.6) is 0 Å². The zero-order valence-electron chi connectivity index (χ0n) is 8.96. The van der Waals surface area contributed by atoms with E-state index in [-0.39, 0.29) is 23.6 Å². The number of carboxylic acid groups (broad SMARTS) is 1. The Morgan fingerprint density at radius 1 is 1.35 bits per heavy atom. The number of aromatic carboxylic acids is 1. The summed E-state index contributed by atoms with van der Waals surface area (Å²) in [6, 6.07) is 5.08. The Kier molecular flexibility index (Phi) is 4.62. The third-order valence-electron chi connectivity index (χ3n) is 2.02. The summed E-state index contributed by atoms with van der Waals surface area (Å²) >= 11 is 0. The first-order valence-electron chi connectivity index (χ1n) is 4.91. The van der Waals surface area contributed by atoms with Crippen molar-refractivity contribution in [3.05, 3.63) is 29.8 Å². The van der Waals surface area contributed by atoms with Gasteiger partial charge in [-0.25, -0.2) is 17.9 Å². The zero-order valence-corrected chi connectivity index (χ0v) is 9.77. The van der Waals surface area contributed by atoms with Gasteiger partial charge in [0, 0.05) is 13.2 Å². The Balaban J connectivity index is 2.91. The van der Waals surface area contributed by atoms with Gasteiger partial charge in [-0.05, 0) is 24.6 Å². The van der Waals surface area contributed by atoms with Crippen LogP contribution in [-0.4, -0.2) is 37.8 Å². The van der Waals surface area contributed by atoms with Crippen LogP contribution in [-0.2, 0) is 10.0 Å². The number of sulfonamides is 1. The van der Waals surface area contributed by atoms with Crippen LogP contribution in [0, 0.1) is 0 Å². The highest BCUT2D eigenvalue weighted by atomic mass is 32.2. The van der Waals surface area contributed by atoms with E-state index in [1.807, 2.05) is 0 Å². The van der Waals surface area contributed by atoms with Crippen molar-refractivity contribution < 1.29 is 23.4 Å². The molecule has 1 aromatic carbocycles. The molecule has 0 aliphatic heterocycles. The molecule has 0 unspecified atom stereocenters. The number of nitrogens with one attached hydrogen (secondary N) is 1. The van der Waals surface area contributed by atoms with Crippen molar-refractivity contribution in [2.75, 3.05) is 13.2 Å². The Labute approximate surface area is 99.0 Å². The van der Waals surface area contributed by atoms with Crippen LogP contribution >= 0.6 is 0 Å². The highest BCUT2D eigenvalue weighted by Crippen LogP contribution is 2.11. The first kappa shape index (κ1) is 13.6. The third kappa shape index (κ3) is 3.81. The summed E-state index contributed by atoms with van der Waals surface area (Å²) in [6.45, 7) is -0.00613. The molecule has 0 fully saturated rings. The van der Waals surface area contributed by atoms with Gasteiger partial charge >= 0.3 is 5.97 Å². The zero-order chi connectivity index (χ0) is 12.9. The molecule has 0 saturated carbocycles. The van der Waals surface area contributed by atoms with Crippen LogP contribution in [0.4, 0.5) is 0 Å². The molecule has 0 amide bonds. The molecule has 7 heteroatoms. The number of aliphatic hydroxyl groups is 1. The first-order chi connectivity index (χ1) is 7.97. The predicted octanol–water partition coefficient (Wildman–Crippen LogP) is 0.0455. The number of hydrogen-bond donors (Lipinski definition) is 3. The van der Waals surface area contributed by atoms with Crippen LogP contribution in [0.3, 0.4) is 0 Å². The summed E-state index contributed by atoms with van der Waals surface area (Å²) in [5.74, 6) is -1.18. The van der Waals surface area contributed by atoms with Gasteiger partial charge in [-0.3, -0.25) is 0 Å². The fraction of sp³-hybridized carbons (Fsp3) is 0.300. The van der Waals surface area contributed by atoms with Gasteiger partial charge in [0.15, 0.2) is 0 Å². The molecule has 3 N–H and O–H groups in total. The van der Waals surface area contributed by atoms with Gasteiger partial charge in [0.05, 0.1) is 10.5 Å². The SMILES string of the molecule is O=C(O)c1cccc(S(=O)(=O)NCCCO)c1. The summed E-state index contributed by atoms with van der Waals surface area (Å²) in [6.07, 6.45) is 0.303. The number of rotatable bonds is 6. The van der Waals surface area contributed by atoms with E-state index in [0.29, 0.717) is 6.42 Å². The van der Waals surface area contributed by atoms with Crippen molar-refractivity contribution in [2.24, 2.45) is 0 Å². The summed E-state index contributed by atoms with van der Waals surface area (Å²) in [4.78, 5) is 10.6. The maximum absolute atomic E-state index is 11.7. The molecule has 0 radical (unpaired) electrons. The fourth-order valence-electron chi connectivity index (χ4n) is 1.17. The van der Waals surface area contributed by atoms with Crippen molar-refractivity contribution in [1.29, 1.82) is 0 Å². The van der Waals surface area contributed by atoms with E-state index in [9.17, 15) is 13.2 Å². The summed E-state index contributed by atoms with van der Waals surface area (Å²) in [5, 5.41) is 17.3. The number of benzene rings is 1. The minimum atomic E-state index is -3.71. The van der Waals surface area contributed by atoms with Crippen molar-refractivity contribution in [2.45, 2.75) is 11.3 Å². The molecule has 1 aromatic rings. The topological polar surface area (TPSA) is 104 Å². The quantitative estimate of drug-likeness (QED) is 0.626. The summed E-state index contributed by atoms with van der Waals surface area (Å²) in [5.41, 5.74) is -0.0879. The van der Waals surface area contributed by atoms with Gasteiger partial charge in [-0.2, -0.15) is 0 Å². The monoisotopic (exact) mass is 259 g/mol. The van der Waals surface area contributed by atoms with Crippen molar-refractivity contribution >= 4 is 16.0 Å². The Bertz CT molecular complexity index is 497. The third-order valence-corrected chi connectivity index (χ3v) is 3.48. The Morgan fingerprint density at radius 3 is 2.65 bits per heavy atom. The molecule has 0 aromatic heterocycles. The second-order valence-electron chi connectivity index (χ2n) is 3.31. The molecule has 0 aliphatic rings. The van der Waals surface area contributed by atoms with E-state index in [1.54, 1.807) is 0 Å². The van der Waals surface area contributed by atoms with Crippen molar-refractivity contribution in [3.8, 4) is 0 Å². The number of carbonyl (C=O) groups is 1. The molecular weight excluding hydrogens is 246 g/mol. The lowest BCUT2D eigenvalue weighted by Gasteiger charge is -2.06. The molecule has 0 aliphatic carbocycles. The predicted molar refractivity (Wildman–Crippen MR) is 60.3 cm³/mol. The lowest BCUT2D eigenvalue weighted by molar-refractivity contribution is 0.0696. The minimum Gasteiger partial charge on any atom is -0.478 e. The van der Waals surface area contributed by atoms with Crippen LogP contribution in [0.25, 0.3) is 0 Å². The number of hydrogen-bond acceptors (Lipinski definition) is 4. The van der Waals surface area contributed by atoms with Gasteiger partial charge < -0.3 is 10.2 Å². The van der Waals surface area contributed by atoms with Crippen LogP contribution in [0.2, 0.25) is 0 Å². The van der Waals surface area contributed by atoms with Gasteiger partial charge in [0.25, 0.3) is 0 Å². The van der Waals surface area contributed by atoms with E-state index >= 15 is 0 Å². The molecule has 6 nitrogen and oxygen atoms in total. The molecule has 17 heavy (non-hydrogen) atoms. The van der Waals surface area contributed by atoms with Gasteiger partial charge in [-0.1, -0.05) is 6.07 Å². The molecule has 0 spiro atoms. The number of carboxylic acids is 1. The molecule has 1 rings (SSSR count). The Morgan fingerprint density at radius 2 is 2.06 bits per heavy atom. The maximum Gasteiger partial charge on any atom is 0.335 e. The minimum absolute atomic E-state index is 0.0879. The second-order valence-corrected chi connectivity index (χ2v) is 5.07. The molecule has 0 atom stereocenters. The summed E-state index contributed by atoms with van der Waals surface area (Å²) < 4.78 is 25.7. The maximum atomic E-state index is 11.7. The van der Waals surface area contributed by atoms with Gasteiger partial charge in [0.1, 0.15) is 0 Å². The fourth-order valence-corrected chi connectivity index (χ4v) is 2.28. The van der Waals surface area contributed by atoms with E-state index in [0.717, 1.165) is 6.07 Å². The smallest absolute Gasteiger partial charge is 0.335 e. The first-order valence-corrected chi connectivity index (χ1v) is 6.39. The number of aliphatic hydroxyl groups excluding tert-OH is 1. The van der Waals surface area contributed by atoms with Crippen LogP contribution in [0.1, 0.15) is 16.8 Å². The van der Waals surface area contributed by atoms with E-state index < -0.39 is 16.0 Å². The highest BCUT2D eigenvalue weighted by molar-refractivity contribution is 7.89. The lowest BCUT2D eigenvalue weighted by atomic mass is 10.2. The normalized spacial score (nSPS) is 11.4. The highest BCUT2D eigenvalue weighted by Gasteiger charge is 2.15. The van der Waals surface area contributed by atoms with Crippen molar-refractivity contribution in [1.82, 2.24) is 4.72 Å². The van der Waals surface area contributed by atoms with E-state index in [1.165, 1.54) is 18.2 Å². The molecule has 0 heterocycles. The van der Waals surface area contributed by atoms with E-state index in [2.05, 4.69) is 4.72 Å². The van der Waals surface area contributed by atoms with Crippen LogP contribution in [0.15, 0.2) is 29.2 Å². The van der Waals surface area contributed by atoms with Crippen LogP contribution < -0.4 is 4.72 Å². The largest absolute Gasteiger partial charge is 0.478 e. The standard InChI is InChI=1S/C10H13NO5S/c12-6-2-5-11-17(15,16)9-4-1-3-8(7-9)10(13)14/h1,3-4,7,11-12H,2,5-6H2,(H,13,14). The van der Waals surface area contributed by atoms with Crippen molar-refractivity contribution in [3.63, 3.8) is 0 Å².